The quantitative estimate of drug-likeness (QED) is 0.156. The van der Waals surface area contributed by atoms with Crippen LogP contribution < -0.4 is 25.5 Å². The number of nitrogens with zero attached hydrogens (tertiary/aromatic N) is 2. The molecule has 1 aromatic heterocycles. The maximum absolute atomic E-state index is 12.6. The molecule has 3 aromatic rings. The van der Waals surface area contributed by atoms with Crippen LogP contribution >= 0.6 is 0 Å². The summed E-state index contributed by atoms with van der Waals surface area (Å²) in [5, 5.41) is 10.3. The molecule has 0 unspecified atom stereocenters. The molecule has 3 N–H and O–H groups in total. The van der Waals surface area contributed by atoms with E-state index in [4.69, 9.17) is 20.6 Å². The Morgan fingerprint density at radius 2 is 2.02 bits per heavy atom. The van der Waals surface area contributed by atoms with E-state index in [1.54, 1.807) is 38.3 Å². The van der Waals surface area contributed by atoms with Gasteiger partial charge < -0.3 is 29.4 Å². The Hall–Kier alpha value is -5.24. The van der Waals surface area contributed by atoms with Crippen LogP contribution in [0.3, 0.4) is 0 Å². The summed E-state index contributed by atoms with van der Waals surface area (Å²) >= 11 is 0. The van der Waals surface area contributed by atoms with Gasteiger partial charge in [0.2, 0.25) is 0 Å². The number of carbonyl (C=O) groups is 3. The topological polar surface area (TPSA) is 132 Å². The number of amides is 3. The van der Waals surface area contributed by atoms with Gasteiger partial charge in [-0.15, -0.1) is 6.42 Å². The van der Waals surface area contributed by atoms with Crippen molar-refractivity contribution in [3.05, 3.63) is 71.1 Å². The summed E-state index contributed by atoms with van der Waals surface area (Å²) in [4.78, 5) is 37.1. The molecule has 0 spiro atoms. The predicted octanol–water partition coefficient (Wildman–Crippen LogP) is 3.00. The van der Waals surface area contributed by atoms with Crippen LogP contribution in [0.25, 0.3) is 10.9 Å². The molecule has 3 amide bonds. The molecule has 0 fully saturated rings. The van der Waals surface area contributed by atoms with Crippen molar-refractivity contribution in [3.8, 4) is 23.8 Å². The van der Waals surface area contributed by atoms with Crippen LogP contribution in [0.1, 0.15) is 31.0 Å². The van der Waals surface area contributed by atoms with Gasteiger partial charge in [-0.1, -0.05) is 30.2 Å². The second kappa shape index (κ2) is 12.5. The lowest BCUT2D eigenvalue weighted by Gasteiger charge is -2.28. The van der Waals surface area contributed by atoms with Crippen molar-refractivity contribution < 1.29 is 28.6 Å². The van der Waals surface area contributed by atoms with E-state index in [-0.39, 0.29) is 18.8 Å². The number of hydrazone groups is 1. The van der Waals surface area contributed by atoms with Gasteiger partial charge in [0.05, 0.1) is 38.1 Å². The number of aromatic nitrogens is 1. The third-order valence-electron chi connectivity index (χ3n) is 6.12. The van der Waals surface area contributed by atoms with E-state index in [1.807, 2.05) is 35.0 Å². The van der Waals surface area contributed by atoms with Crippen LogP contribution in [0.15, 0.2) is 65.0 Å². The molecule has 11 nitrogen and oxygen atoms in total. The zero-order valence-corrected chi connectivity index (χ0v) is 22.3. The first-order valence-electron chi connectivity index (χ1n) is 12.5. The second-order valence-corrected chi connectivity index (χ2v) is 8.72. The van der Waals surface area contributed by atoms with Gasteiger partial charge in [-0.3, -0.25) is 4.79 Å². The minimum atomic E-state index is -0.764. The molecule has 1 atom stereocenters. The first kappa shape index (κ1) is 27.8. The van der Waals surface area contributed by atoms with Crippen LogP contribution in [0.4, 0.5) is 4.79 Å². The van der Waals surface area contributed by atoms with E-state index >= 15 is 0 Å². The Balaban J connectivity index is 1.43. The van der Waals surface area contributed by atoms with Crippen LogP contribution in [0.5, 0.6) is 11.5 Å². The molecule has 0 radical (unpaired) electrons. The fourth-order valence-corrected chi connectivity index (χ4v) is 4.36. The molecule has 0 saturated heterocycles. The van der Waals surface area contributed by atoms with E-state index in [9.17, 15) is 14.4 Å². The SMILES string of the molecule is C#CCn1cc(/C=N\NC(=O)COc2ccc([C@@H]3NC(=O)NC(C)=C3C(=O)OCC)cc2OC)c2ccccc21. The van der Waals surface area contributed by atoms with Crippen molar-refractivity contribution in [2.45, 2.75) is 26.4 Å². The molecule has 0 aliphatic carbocycles. The third kappa shape index (κ3) is 6.07. The minimum absolute atomic E-state index is 0.188. The highest BCUT2D eigenvalue weighted by molar-refractivity contribution is 5.99. The Labute approximate surface area is 231 Å². The Morgan fingerprint density at radius 1 is 1.23 bits per heavy atom. The molecule has 2 heterocycles. The van der Waals surface area contributed by atoms with Gasteiger partial charge >= 0.3 is 12.0 Å². The molecule has 11 heteroatoms. The van der Waals surface area contributed by atoms with Gasteiger partial charge in [-0.05, 0) is 37.6 Å². The number of ether oxygens (including phenoxy) is 3. The van der Waals surface area contributed by atoms with E-state index in [1.165, 1.54) is 7.11 Å². The maximum atomic E-state index is 12.6. The molecule has 4 rings (SSSR count). The smallest absolute Gasteiger partial charge is 0.338 e. The zero-order valence-electron chi connectivity index (χ0n) is 22.3. The van der Waals surface area contributed by atoms with E-state index in [0.717, 1.165) is 16.5 Å². The average molecular weight is 544 g/mol. The van der Waals surface area contributed by atoms with Gasteiger partial charge in [0, 0.05) is 28.4 Å². The maximum Gasteiger partial charge on any atom is 0.338 e. The summed E-state index contributed by atoms with van der Waals surface area (Å²) in [5.41, 5.74) is 5.46. The number of urea groups is 1. The average Bonchev–Trinajstić information content (AvgIpc) is 3.29. The van der Waals surface area contributed by atoms with Crippen LogP contribution in [-0.2, 0) is 20.9 Å². The monoisotopic (exact) mass is 543 g/mol. The van der Waals surface area contributed by atoms with Crippen LogP contribution in [0.2, 0.25) is 0 Å². The normalized spacial score (nSPS) is 14.8. The van der Waals surface area contributed by atoms with Crippen molar-refractivity contribution in [2.24, 2.45) is 5.10 Å². The highest BCUT2D eigenvalue weighted by Gasteiger charge is 2.32. The standard InChI is InChI=1S/C29H29N5O6/c1-5-13-34-16-20(21-9-7-8-10-22(21)34)15-30-33-25(35)17-40-23-12-11-19(14-24(23)38-4)27-26(28(36)39-6-2)18(3)31-29(37)32-27/h1,7-12,14-16,27H,6,13,17H2,2-4H3,(H,33,35)(H2,31,32,37)/b30-15-/t27-/m0/s1. The van der Waals surface area contributed by atoms with Gasteiger partial charge in [0.1, 0.15) is 0 Å². The third-order valence-corrected chi connectivity index (χ3v) is 6.12. The lowest BCUT2D eigenvalue weighted by Crippen LogP contribution is -2.45. The lowest BCUT2D eigenvalue weighted by atomic mass is 9.95. The van der Waals surface area contributed by atoms with E-state index < -0.39 is 23.9 Å². The minimum Gasteiger partial charge on any atom is -0.493 e. The van der Waals surface area contributed by atoms with Crippen molar-refractivity contribution in [2.75, 3.05) is 20.3 Å². The number of rotatable bonds is 10. The predicted molar refractivity (Wildman–Crippen MR) is 149 cm³/mol. The largest absolute Gasteiger partial charge is 0.493 e. The van der Waals surface area contributed by atoms with E-state index in [0.29, 0.717) is 29.3 Å². The van der Waals surface area contributed by atoms with Crippen LogP contribution in [-0.4, -0.2) is 49.0 Å². The molecule has 1 aliphatic heterocycles. The highest BCUT2D eigenvalue weighted by Crippen LogP contribution is 2.34. The number of terminal acetylenes is 1. The number of benzene rings is 2. The van der Waals surface area contributed by atoms with E-state index in [2.05, 4.69) is 27.1 Å². The summed E-state index contributed by atoms with van der Waals surface area (Å²) < 4.78 is 18.2. The fourth-order valence-electron chi connectivity index (χ4n) is 4.36. The van der Waals surface area contributed by atoms with Gasteiger partial charge in [-0.2, -0.15) is 5.10 Å². The number of fused-ring (bicyclic) bond motifs is 1. The number of hydrogen-bond acceptors (Lipinski definition) is 7. The van der Waals surface area contributed by atoms with Gasteiger partial charge in [-0.25, -0.2) is 15.0 Å². The number of carbonyl (C=O) groups excluding carboxylic acids is 3. The number of para-hydroxylation sites is 1. The summed E-state index contributed by atoms with van der Waals surface area (Å²) in [7, 11) is 1.45. The molecule has 0 bridgehead atoms. The lowest BCUT2D eigenvalue weighted by molar-refractivity contribution is -0.139. The van der Waals surface area contributed by atoms with Crippen molar-refractivity contribution in [1.29, 1.82) is 0 Å². The molecule has 206 valence electrons. The first-order valence-corrected chi connectivity index (χ1v) is 12.5. The van der Waals surface area contributed by atoms with Gasteiger partial charge in [0.25, 0.3) is 5.91 Å². The summed E-state index contributed by atoms with van der Waals surface area (Å²) in [6, 6.07) is 11.4. The summed E-state index contributed by atoms with van der Waals surface area (Å²) in [5.74, 6) is 2.19. The summed E-state index contributed by atoms with van der Waals surface area (Å²) in [6.45, 7) is 3.60. The van der Waals surface area contributed by atoms with Crippen LogP contribution in [0, 0.1) is 12.3 Å². The Bertz CT molecular complexity index is 1550. The number of esters is 1. The molecule has 1 aliphatic rings. The highest BCUT2D eigenvalue weighted by atomic mass is 16.5. The number of nitrogens with one attached hydrogen (secondary N) is 3. The molecule has 40 heavy (non-hydrogen) atoms. The zero-order chi connectivity index (χ0) is 28.6. The first-order chi connectivity index (χ1) is 19.4. The van der Waals surface area contributed by atoms with Gasteiger partial charge in [0.15, 0.2) is 18.1 Å². The van der Waals surface area contributed by atoms with Crippen molar-refractivity contribution in [3.63, 3.8) is 0 Å². The molecular weight excluding hydrogens is 514 g/mol. The molecule has 0 saturated carbocycles. The number of methoxy groups -OCH3 is 1. The van der Waals surface area contributed by atoms with Crippen molar-refractivity contribution in [1.82, 2.24) is 20.6 Å². The number of allylic oxidation sites excluding steroid dienone is 1. The molecular formula is C29H29N5O6. The molecule has 2 aromatic carbocycles. The second-order valence-electron chi connectivity index (χ2n) is 8.72. The Morgan fingerprint density at radius 3 is 2.77 bits per heavy atom. The summed E-state index contributed by atoms with van der Waals surface area (Å²) in [6.07, 6.45) is 8.89. The number of hydrogen-bond donors (Lipinski definition) is 3. The van der Waals surface area contributed by atoms with Crippen molar-refractivity contribution >= 4 is 35.0 Å². The Kier molecular flexibility index (Phi) is 8.71. The fraction of sp³-hybridized carbons (Fsp3) is 0.241.